The lowest BCUT2D eigenvalue weighted by atomic mass is 10.0. The van der Waals surface area contributed by atoms with Crippen molar-refractivity contribution in [1.29, 1.82) is 0 Å². The number of benzene rings is 1. The van der Waals surface area contributed by atoms with Gasteiger partial charge in [0.25, 0.3) is 0 Å². The van der Waals surface area contributed by atoms with Crippen LogP contribution in [0.15, 0.2) is 35.3 Å². The molecule has 0 atom stereocenters. The molecule has 0 amide bonds. The van der Waals surface area contributed by atoms with Crippen LogP contribution in [-0.4, -0.2) is 17.3 Å². The van der Waals surface area contributed by atoms with Gasteiger partial charge in [-0.2, -0.15) is 0 Å². The quantitative estimate of drug-likeness (QED) is 0.787. The summed E-state index contributed by atoms with van der Waals surface area (Å²) in [7, 11) is 1.51. The zero-order valence-electron chi connectivity index (χ0n) is 9.95. The van der Waals surface area contributed by atoms with Crippen LogP contribution < -0.4 is 4.74 Å². The number of aromatic nitrogens is 2. The van der Waals surface area contributed by atoms with Crippen molar-refractivity contribution >= 4 is 33.1 Å². The van der Waals surface area contributed by atoms with Gasteiger partial charge >= 0.3 is 0 Å². The van der Waals surface area contributed by atoms with Crippen molar-refractivity contribution in [2.24, 2.45) is 0 Å². The summed E-state index contributed by atoms with van der Waals surface area (Å²) in [5.41, 5.74) is 1.69. The van der Waals surface area contributed by atoms with E-state index in [1.54, 1.807) is 18.2 Å². The molecule has 98 valence electrons. The number of hydrogen-bond donors (Lipinski definition) is 0. The first kappa shape index (κ1) is 14.0. The predicted molar refractivity (Wildman–Crippen MR) is 75.8 cm³/mol. The Kier molecular flexibility index (Phi) is 4.17. The van der Waals surface area contributed by atoms with Crippen LogP contribution in [0.1, 0.15) is 11.3 Å². The Balaban J connectivity index is 2.40. The highest BCUT2D eigenvalue weighted by atomic mass is 79.9. The van der Waals surface area contributed by atoms with E-state index in [0.29, 0.717) is 27.2 Å². The SMILES string of the molecule is C=C(c1ccc(OC)nn1)c1cc(Br)c(F)cc1Cl. The summed E-state index contributed by atoms with van der Waals surface area (Å²) in [4.78, 5) is 0. The molecule has 0 saturated heterocycles. The Bertz CT molecular complexity index is 631. The van der Waals surface area contributed by atoms with Crippen molar-refractivity contribution in [2.75, 3.05) is 7.11 Å². The second kappa shape index (κ2) is 5.67. The number of ether oxygens (including phenoxy) is 1. The molecule has 6 heteroatoms. The smallest absolute Gasteiger partial charge is 0.233 e. The first-order valence-electron chi connectivity index (χ1n) is 5.25. The molecule has 0 radical (unpaired) electrons. The van der Waals surface area contributed by atoms with Gasteiger partial charge in [0.2, 0.25) is 5.88 Å². The lowest BCUT2D eigenvalue weighted by Gasteiger charge is -2.09. The average molecular weight is 344 g/mol. The van der Waals surface area contributed by atoms with Crippen LogP contribution in [0.5, 0.6) is 5.88 Å². The summed E-state index contributed by atoms with van der Waals surface area (Å²) < 4.78 is 18.6. The van der Waals surface area contributed by atoms with E-state index in [-0.39, 0.29) is 5.02 Å². The summed E-state index contributed by atoms with van der Waals surface area (Å²) in [6.07, 6.45) is 0. The van der Waals surface area contributed by atoms with Gasteiger partial charge in [0, 0.05) is 17.2 Å². The van der Waals surface area contributed by atoms with Crippen LogP contribution in [0.4, 0.5) is 4.39 Å². The molecule has 3 nitrogen and oxygen atoms in total. The summed E-state index contributed by atoms with van der Waals surface area (Å²) in [5.74, 6) is -0.0229. The third-order valence-electron chi connectivity index (χ3n) is 2.49. The standard InChI is InChI=1S/C13H9BrClFN2O/c1-7(12-3-4-13(19-2)18-17-12)8-5-9(14)11(16)6-10(8)15/h3-6H,1H2,2H3. The van der Waals surface area contributed by atoms with E-state index in [9.17, 15) is 4.39 Å². The van der Waals surface area contributed by atoms with E-state index < -0.39 is 5.82 Å². The van der Waals surface area contributed by atoms with Gasteiger partial charge in [0.1, 0.15) is 5.82 Å². The molecule has 0 fully saturated rings. The van der Waals surface area contributed by atoms with Gasteiger partial charge in [-0.3, -0.25) is 0 Å². The third kappa shape index (κ3) is 2.93. The van der Waals surface area contributed by atoms with Crippen molar-refractivity contribution in [3.05, 3.63) is 57.4 Å². The monoisotopic (exact) mass is 342 g/mol. The number of rotatable bonds is 3. The van der Waals surface area contributed by atoms with E-state index in [2.05, 4.69) is 32.7 Å². The lowest BCUT2D eigenvalue weighted by molar-refractivity contribution is 0.391. The van der Waals surface area contributed by atoms with E-state index in [1.807, 2.05) is 0 Å². The highest BCUT2D eigenvalue weighted by Crippen LogP contribution is 2.31. The van der Waals surface area contributed by atoms with Gasteiger partial charge in [0.05, 0.1) is 22.3 Å². The molecule has 2 rings (SSSR count). The second-order valence-electron chi connectivity index (χ2n) is 3.69. The largest absolute Gasteiger partial charge is 0.480 e. The molecule has 1 aromatic carbocycles. The molecule has 0 saturated carbocycles. The predicted octanol–water partition coefficient (Wildman–Crippen LogP) is 4.10. The van der Waals surface area contributed by atoms with E-state index >= 15 is 0 Å². The highest BCUT2D eigenvalue weighted by Gasteiger charge is 2.12. The fraction of sp³-hybridized carbons (Fsp3) is 0.0769. The Morgan fingerprint density at radius 2 is 2.11 bits per heavy atom. The minimum absolute atomic E-state index is 0.267. The Hall–Kier alpha value is -1.46. The molecular weight excluding hydrogens is 335 g/mol. The van der Waals surface area contributed by atoms with E-state index in [4.69, 9.17) is 16.3 Å². The molecule has 0 aliphatic heterocycles. The zero-order valence-corrected chi connectivity index (χ0v) is 12.3. The van der Waals surface area contributed by atoms with Crippen LogP contribution in [0, 0.1) is 5.82 Å². The average Bonchev–Trinajstić information content (AvgIpc) is 2.42. The van der Waals surface area contributed by atoms with Gasteiger partial charge < -0.3 is 4.74 Å². The van der Waals surface area contributed by atoms with Crippen LogP contribution in [-0.2, 0) is 0 Å². The van der Waals surface area contributed by atoms with Crippen molar-refractivity contribution in [3.8, 4) is 5.88 Å². The first-order valence-corrected chi connectivity index (χ1v) is 6.42. The number of methoxy groups -OCH3 is 1. The summed E-state index contributed by atoms with van der Waals surface area (Å²) in [6.45, 7) is 3.91. The zero-order chi connectivity index (χ0) is 14.0. The van der Waals surface area contributed by atoms with Crippen LogP contribution in [0.2, 0.25) is 5.02 Å². The number of halogens is 3. The molecule has 0 unspecified atom stereocenters. The van der Waals surface area contributed by atoms with Gasteiger partial charge in [-0.15, -0.1) is 10.2 Å². The second-order valence-corrected chi connectivity index (χ2v) is 4.95. The normalized spacial score (nSPS) is 10.3. The summed E-state index contributed by atoms with van der Waals surface area (Å²) in [5, 5.41) is 8.10. The maximum Gasteiger partial charge on any atom is 0.233 e. The molecule has 1 aromatic heterocycles. The fourth-order valence-corrected chi connectivity index (χ4v) is 2.09. The number of nitrogens with zero attached hydrogens (tertiary/aromatic N) is 2. The molecule has 19 heavy (non-hydrogen) atoms. The van der Waals surface area contributed by atoms with Crippen molar-refractivity contribution < 1.29 is 9.13 Å². The molecule has 0 bridgehead atoms. The van der Waals surface area contributed by atoms with Crippen molar-refractivity contribution in [1.82, 2.24) is 10.2 Å². The van der Waals surface area contributed by atoms with Crippen LogP contribution in [0.25, 0.3) is 5.57 Å². The molecule has 0 spiro atoms. The van der Waals surface area contributed by atoms with E-state index in [1.165, 1.54) is 13.2 Å². The van der Waals surface area contributed by atoms with Crippen molar-refractivity contribution in [2.45, 2.75) is 0 Å². The van der Waals surface area contributed by atoms with Crippen molar-refractivity contribution in [3.63, 3.8) is 0 Å². The molecular formula is C13H9BrClFN2O. The maximum atomic E-state index is 13.3. The molecule has 0 aliphatic carbocycles. The molecule has 2 aromatic rings. The minimum Gasteiger partial charge on any atom is -0.480 e. The highest BCUT2D eigenvalue weighted by molar-refractivity contribution is 9.10. The first-order chi connectivity index (χ1) is 9.02. The summed E-state index contributed by atoms with van der Waals surface area (Å²) in [6, 6.07) is 6.16. The fourth-order valence-electron chi connectivity index (χ4n) is 1.48. The molecule has 0 aliphatic rings. The number of hydrogen-bond acceptors (Lipinski definition) is 3. The van der Waals surface area contributed by atoms with E-state index in [0.717, 1.165) is 0 Å². The minimum atomic E-state index is -0.428. The molecule has 0 N–H and O–H groups in total. The summed E-state index contributed by atoms with van der Waals surface area (Å²) >= 11 is 9.12. The third-order valence-corrected chi connectivity index (χ3v) is 3.41. The van der Waals surface area contributed by atoms with Gasteiger partial charge in [-0.25, -0.2) is 4.39 Å². The maximum absolute atomic E-state index is 13.3. The Labute approximate surface area is 123 Å². The molecule has 1 heterocycles. The topological polar surface area (TPSA) is 35.0 Å². The van der Waals surface area contributed by atoms with Crippen LogP contribution >= 0.6 is 27.5 Å². The lowest BCUT2D eigenvalue weighted by Crippen LogP contribution is -1.96. The van der Waals surface area contributed by atoms with Gasteiger partial charge in [-0.05, 0) is 34.1 Å². The van der Waals surface area contributed by atoms with Gasteiger partial charge in [-0.1, -0.05) is 18.2 Å². The van der Waals surface area contributed by atoms with Gasteiger partial charge in [0.15, 0.2) is 0 Å². The Morgan fingerprint density at radius 1 is 1.37 bits per heavy atom. The van der Waals surface area contributed by atoms with Crippen LogP contribution in [0.3, 0.4) is 0 Å². The Morgan fingerprint density at radius 3 is 2.68 bits per heavy atom.